The Hall–Kier alpha value is -2.04. The van der Waals surface area contributed by atoms with Gasteiger partial charge < -0.3 is 14.8 Å². The highest BCUT2D eigenvalue weighted by Gasteiger charge is 2.50. The van der Waals surface area contributed by atoms with Crippen molar-refractivity contribution in [2.24, 2.45) is 23.2 Å². The van der Waals surface area contributed by atoms with Crippen LogP contribution in [0.2, 0.25) is 0 Å². The van der Waals surface area contributed by atoms with Gasteiger partial charge in [-0.05, 0) is 80.2 Å². The summed E-state index contributed by atoms with van der Waals surface area (Å²) in [5, 5.41) is 3.04. The van der Waals surface area contributed by atoms with Crippen LogP contribution in [-0.2, 0) is 14.3 Å². The summed E-state index contributed by atoms with van der Waals surface area (Å²) in [6.07, 6.45) is 8.11. The van der Waals surface area contributed by atoms with Crippen molar-refractivity contribution in [1.29, 1.82) is 0 Å². The molecule has 0 saturated heterocycles. The van der Waals surface area contributed by atoms with E-state index in [0.717, 1.165) is 35.6 Å². The normalized spacial score (nSPS) is 30.1. The van der Waals surface area contributed by atoms with Crippen molar-refractivity contribution in [3.63, 3.8) is 0 Å². The second kappa shape index (κ2) is 8.14. The van der Waals surface area contributed by atoms with E-state index in [1.807, 2.05) is 31.2 Å². The van der Waals surface area contributed by atoms with E-state index in [1.54, 1.807) is 0 Å². The number of para-hydroxylation sites is 1. The number of ether oxygens (including phenoxy) is 2. The molecule has 0 unspecified atom stereocenters. The highest BCUT2D eigenvalue weighted by molar-refractivity contribution is 5.80. The van der Waals surface area contributed by atoms with Crippen LogP contribution in [0.5, 0.6) is 5.75 Å². The minimum absolute atomic E-state index is 0.136. The average Bonchev–Trinajstić information content (AvgIpc) is 2.65. The van der Waals surface area contributed by atoms with E-state index in [0.29, 0.717) is 5.41 Å². The van der Waals surface area contributed by atoms with Gasteiger partial charge in [0.1, 0.15) is 5.75 Å². The highest BCUT2D eigenvalue weighted by Crippen LogP contribution is 2.59. The van der Waals surface area contributed by atoms with E-state index in [9.17, 15) is 9.59 Å². The van der Waals surface area contributed by atoms with Crippen molar-refractivity contribution in [3.8, 4) is 5.75 Å². The molecule has 0 aliphatic heterocycles. The number of carbonyl (C=O) groups is 2. The van der Waals surface area contributed by atoms with E-state index < -0.39 is 5.97 Å². The number of aryl methyl sites for hydroxylation is 1. The highest BCUT2D eigenvalue weighted by atomic mass is 16.5. The molecule has 0 radical (unpaired) electrons. The molecule has 4 bridgehead atoms. The SMILES string of the molecule is Cc1ccccc1OCCC(=O)OCC(=O)NCC12CC3CC(CC(C3)C1)C2. The molecule has 152 valence electrons. The van der Waals surface area contributed by atoms with Gasteiger partial charge in [0.05, 0.1) is 13.0 Å². The number of hydrogen-bond donors (Lipinski definition) is 1. The monoisotopic (exact) mass is 385 g/mol. The maximum absolute atomic E-state index is 12.2. The molecule has 5 heteroatoms. The molecular formula is C23H31NO4. The molecule has 1 aromatic rings. The number of nitrogens with one attached hydrogen (secondary N) is 1. The van der Waals surface area contributed by atoms with Gasteiger partial charge in [-0.2, -0.15) is 0 Å². The lowest BCUT2D eigenvalue weighted by molar-refractivity contribution is -0.149. The minimum atomic E-state index is -0.404. The first-order valence-corrected chi connectivity index (χ1v) is 10.6. The van der Waals surface area contributed by atoms with Crippen LogP contribution in [0.15, 0.2) is 24.3 Å². The van der Waals surface area contributed by atoms with Crippen LogP contribution >= 0.6 is 0 Å². The largest absolute Gasteiger partial charge is 0.493 e. The molecule has 0 aromatic heterocycles. The Morgan fingerprint density at radius 1 is 1.07 bits per heavy atom. The zero-order valence-electron chi connectivity index (χ0n) is 16.7. The quantitative estimate of drug-likeness (QED) is 0.694. The van der Waals surface area contributed by atoms with Crippen LogP contribution in [-0.4, -0.2) is 31.6 Å². The van der Waals surface area contributed by atoms with E-state index in [-0.39, 0.29) is 25.5 Å². The van der Waals surface area contributed by atoms with E-state index >= 15 is 0 Å². The molecule has 1 amide bonds. The van der Waals surface area contributed by atoms with Crippen LogP contribution in [0.1, 0.15) is 50.5 Å². The first-order valence-electron chi connectivity index (χ1n) is 10.6. The maximum Gasteiger partial charge on any atom is 0.309 e. The first kappa shape index (κ1) is 19.3. The number of hydrogen-bond acceptors (Lipinski definition) is 4. The summed E-state index contributed by atoms with van der Waals surface area (Å²) in [7, 11) is 0. The van der Waals surface area contributed by atoms with Crippen LogP contribution in [0.3, 0.4) is 0 Å². The molecule has 5 rings (SSSR count). The number of rotatable bonds is 8. The summed E-state index contributed by atoms with van der Waals surface area (Å²) >= 11 is 0. The Morgan fingerprint density at radius 2 is 1.71 bits per heavy atom. The Labute approximate surface area is 167 Å². The number of amides is 1. The van der Waals surface area contributed by atoms with Gasteiger partial charge >= 0.3 is 5.97 Å². The lowest BCUT2D eigenvalue weighted by Gasteiger charge is -2.56. The van der Waals surface area contributed by atoms with Gasteiger partial charge in [0.2, 0.25) is 0 Å². The summed E-state index contributed by atoms with van der Waals surface area (Å²) in [4.78, 5) is 24.0. The zero-order chi connectivity index (χ0) is 19.6. The first-order chi connectivity index (χ1) is 13.5. The Bertz CT molecular complexity index is 694. The second-order valence-electron chi connectivity index (χ2n) is 9.22. The predicted octanol–water partition coefficient (Wildman–Crippen LogP) is 3.64. The fourth-order valence-corrected chi connectivity index (χ4v) is 6.02. The predicted molar refractivity (Wildman–Crippen MR) is 106 cm³/mol. The summed E-state index contributed by atoms with van der Waals surface area (Å²) in [6, 6.07) is 7.67. The number of esters is 1. The lowest BCUT2D eigenvalue weighted by Crippen LogP contribution is -2.51. The molecule has 0 spiro atoms. The minimum Gasteiger partial charge on any atom is -0.493 e. The lowest BCUT2D eigenvalue weighted by atomic mass is 9.49. The van der Waals surface area contributed by atoms with Gasteiger partial charge in [-0.3, -0.25) is 9.59 Å². The van der Waals surface area contributed by atoms with Crippen molar-refractivity contribution < 1.29 is 19.1 Å². The second-order valence-corrected chi connectivity index (χ2v) is 9.22. The topological polar surface area (TPSA) is 64.6 Å². The van der Waals surface area contributed by atoms with Gasteiger partial charge in [-0.15, -0.1) is 0 Å². The van der Waals surface area contributed by atoms with Gasteiger partial charge in [0.25, 0.3) is 5.91 Å². The molecule has 5 nitrogen and oxygen atoms in total. The number of carbonyl (C=O) groups excluding carboxylic acids is 2. The third kappa shape index (κ3) is 4.50. The molecule has 0 heterocycles. The van der Waals surface area contributed by atoms with Crippen molar-refractivity contribution >= 4 is 11.9 Å². The molecule has 1 N–H and O–H groups in total. The molecule has 4 fully saturated rings. The molecule has 4 saturated carbocycles. The van der Waals surface area contributed by atoms with Crippen LogP contribution in [0.4, 0.5) is 0 Å². The van der Waals surface area contributed by atoms with Crippen molar-refractivity contribution in [3.05, 3.63) is 29.8 Å². The standard InChI is InChI=1S/C23H31NO4/c1-16-4-2-3-5-20(16)27-7-6-22(26)28-14-21(25)24-15-23-11-17-8-18(12-23)10-19(9-17)13-23/h2-5,17-19H,6-15H2,1H3,(H,24,25). The smallest absolute Gasteiger partial charge is 0.309 e. The molecule has 28 heavy (non-hydrogen) atoms. The van der Waals surface area contributed by atoms with Gasteiger partial charge in [-0.25, -0.2) is 0 Å². The van der Waals surface area contributed by atoms with Crippen molar-refractivity contribution in [2.75, 3.05) is 19.8 Å². The third-order valence-electron chi connectivity index (χ3n) is 6.85. The molecule has 1 aromatic carbocycles. The van der Waals surface area contributed by atoms with Crippen LogP contribution in [0, 0.1) is 30.1 Å². The molecule has 4 aliphatic rings. The van der Waals surface area contributed by atoms with Crippen LogP contribution in [0.25, 0.3) is 0 Å². The Kier molecular flexibility index (Phi) is 5.61. The Morgan fingerprint density at radius 3 is 2.36 bits per heavy atom. The maximum atomic E-state index is 12.2. The molecule has 4 aliphatic carbocycles. The summed E-state index contributed by atoms with van der Waals surface area (Å²) < 4.78 is 10.7. The third-order valence-corrected chi connectivity index (χ3v) is 6.85. The van der Waals surface area contributed by atoms with Gasteiger partial charge in [-0.1, -0.05) is 18.2 Å². The van der Waals surface area contributed by atoms with E-state index in [1.165, 1.54) is 38.5 Å². The summed E-state index contributed by atoms with van der Waals surface area (Å²) in [5.41, 5.74) is 1.33. The fraction of sp³-hybridized carbons (Fsp3) is 0.652. The molecular weight excluding hydrogens is 354 g/mol. The Balaban J connectivity index is 1.14. The van der Waals surface area contributed by atoms with Gasteiger partial charge in [0.15, 0.2) is 6.61 Å². The van der Waals surface area contributed by atoms with E-state index in [4.69, 9.17) is 9.47 Å². The number of benzene rings is 1. The van der Waals surface area contributed by atoms with Crippen LogP contribution < -0.4 is 10.1 Å². The zero-order valence-corrected chi connectivity index (χ0v) is 16.7. The summed E-state index contributed by atoms with van der Waals surface area (Å²) in [6.45, 7) is 2.75. The van der Waals surface area contributed by atoms with Gasteiger partial charge in [0, 0.05) is 6.54 Å². The van der Waals surface area contributed by atoms with E-state index in [2.05, 4.69) is 5.32 Å². The fourth-order valence-electron chi connectivity index (χ4n) is 6.02. The van der Waals surface area contributed by atoms with Crippen molar-refractivity contribution in [2.45, 2.75) is 51.9 Å². The summed E-state index contributed by atoms with van der Waals surface area (Å²) in [5.74, 6) is 2.78. The molecule has 0 atom stereocenters. The average molecular weight is 386 g/mol. The van der Waals surface area contributed by atoms with Crippen molar-refractivity contribution in [1.82, 2.24) is 5.32 Å².